The molecule has 36 heavy (non-hydrogen) atoms. The summed E-state index contributed by atoms with van der Waals surface area (Å²) in [6.45, 7) is 9.72. The lowest BCUT2D eigenvalue weighted by Crippen LogP contribution is -2.38. The van der Waals surface area contributed by atoms with Gasteiger partial charge in [0.05, 0.1) is 17.2 Å². The van der Waals surface area contributed by atoms with Crippen molar-refractivity contribution >= 4 is 22.4 Å². The molecule has 8 nitrogen and oxygen atoms in total. The number of aromatic nitrogens is 4. The van der Waals surface area contributed by atoms with Crippen LogP contribution in [0.3, 0.4) is 0 Å². The number of pyridine rings is 2. The number of amides is 1. The zero-order valence-corrected chi connectivity index (χ0v) is 21.6. The van der Waals surface area contributed by atoms with Crippen LogP contribution < -0.4 is 14.8 Å². The van der Waals surface area contributed by atoms with Crippen molar-refractivity contribution in [3.63, 3.8) is 0 Å². The van der Waals surface area contributed by atoms with Gasteiger partial charge in [0.1, 0.15) is 11.3 Å². The number of carbonyl (C=O) groups is 1. The van der Waals surface area contributed by atoms with Crippen LogP contribution in [-0.4, -0.2) is 32.2 Å². The number of anilines is 1. The molecule has 9 heteroatoms. The van der Waals surface area contributed by atoms with Gasteiger partial charge >= 0.3 is 0 Å². The summed E-state index contributed by atoms with van der Waals surface area (Å²) in [6.07, 6.45) is 0.103. The minimum absolute atomic E-state index is 0.103. The Morgan fingerprint density at radius 1 is 1.03 bits per heavy atom. The van der Waals surface area contributed by atoms with Gasteiger partial charge in [-0.25, -0.2) is 9.97 Å². The van der Waals surface area contributed by atoms with E-state index in [0.717, 1.165) is 33.8 Å². The minimum atomic E-state index is -0.866. The number of nitrogens with zero attached hydrogens (tertiary/aromatic N) is 4. The zero-order valence-electron chi connectivity index (χ0n) is 20.8. The molecule has 0 radical (unpaired) electrons. The highest BCUT2D eigenvalue weighted by atomic mass is 32.1. The average molecular weight is 502 g/mol. The van der Waals surface area contributed by atoms with Crippen LogP contribution >= 0.6 is 11.3 Å². The lowest BCUT2D eigenvalue weighted by molar-refractivity contribution is -0.124. The molecule has 1 aliphatic rings. The van der Waals surface area contributed by atoms with Gasteiger partial charge < -0.3 is 14.8 Å². The summed E-state index contributed by atoms with van der Waals surface area (Å²) < 4.78 is 12.0. The summed E-state index contributed by atoms with van der Waals surface area (Å²) in [4.78, 5) is 22.9. The monoisotopic (exact) mass is 501 g/mol. The van der Waals surface area contributed by atoms with Gasteiger partial charge in [-0.15, -0.1) is 10.2 Å². The number of carbonyl (C=O) groups excluding carboxylic acids is 1. The number of benzene rings is 1. The first kappa shape index (κ1) is 23.9. The largest absolute Gasteiger partial charge is 0.491 e. The first-order valence-corrected chi connectivity index (χ1v) is 12.6. The van der Waals surface area contributed by atoms with Gasteiger partial charge in [0.15, 0.2) is 0 Å². The molecule has 1 aliphatic heterocycles. The summed E-state index contributed by atoms with van der Waals surface area (Å²) in [5.41, 5.74) is 4.91. The van der Waals surface area contributed by atoms with E-state index >= 15 is 0 Å². The third-order valence-electron chi connectivity index (χ3n) is 6.14. The van der Waals surface area contributed by atoms with Gasteiger partial charge in [0.25, 0.3) is 0 Å². The molecule has 3 aromatic heterocycles. The molecule has 0 saturated heterocycles. The van der Waals surface area contributed by atoms with Crippen LogP contribution in [0.5, 0.6) is 17.5 Å². The smallest absolute Gasteiger partial charge is 0.232 e. The molecule has 1 atom stereocenters. The first-order valence-electron chi connectivity index (χ1n) is 11.7. The maximum atomic E-state index is 13.4. The fraction of sp³-hybridized carbons (Fsp3) is 0.296. The lowest BCUT2D eigenvalue weighted by atomic mass is 9.70. The van der Waals surface area contributed by atoms with Crippen molar-refractivity contribution in [1.29, 1.82) is 0 Å². The minimum Gasteiger partial charge on any atom is -0.491 e. The van der Waals surface area contributed by atoms with Gasteiger partial charge in [-0.05, 0) is 57.2 Å². The normalized spacial score (nSPS) is 14.6. The number of nitrogens with one attached hydrogen (secondary N) is 1. The van der Waals surface area contributed by atoms with E-state index in [1.807, 2.05) is 83.1 Å². The Bertz CT molecular complexity index is 1400. The van der Waals surface area contributed by atoms with E-state index in [1.54, 1.807) is 5.51 Å². The highest BCUT2D eigenvalue weighted by molar-refractivity contribution is 7.13. The SMILES string of the molecule is Cc1ccc2c(n1)Oc1nc(-c3ccc(OC(C)C)cc3)ccc1[C@H]2C(C)(C)C(=O)Nc1nncs1. The number of rotatable bonds is 6. The van der Waals surface area contributed by atoms with Crippen molar-refractivity contribution in [2.45, 2.75) is 46.6 Å². The van der Waals surface area contributed by atoms with Crippen LogP contribution in [0.1, 0.15) is 50.4 Å². The molecule has 1 aromatic carbocycles. The molecular formula is C27H27N5O3S. The van der Waals surface area contributed by atoms with Crippen molar-refractivity contribution in [2.75, 3.05) is 5.32 Å². The third-order valence-corrected chi connectivity index (χ3v) is 6.75. The van der Waals surface area contributed by atoms with Crippen LogP contribution in [0.4, 0.5) is 5.13 Å². The number of fused-ring (bicyclic) bond motifs is 2. The van der Waals surface area contributed by atoms with E-state index < -0.39 is 5.41 Å². The van der Waals surface area contributed by atoms with Gasteiger partial charge in [-0.3, -0.25) is 4.79 Å². The van der Waals surface area contributed by atoms with Crippen LogP contribution in [0, 0.1) is 12.3 Å². The zero-order chi connectivity index (χ0) is 25.4. The topological polar surface area (TPSA) is 99.1 Å². The Morgan fingerprint density at radius 2 is 1.72 bits per heavy atom. The van der Waals surface area contributed by atoms with Crippen molar-refractivity contribution in [2.24, 2.45) is 5.41 Å². The molecule has 0 aliphatic carbocycles. The Morgan fingerprint density at radius 3 is 2.39 bits per heavy atom. The number of hydrogen-bond donors (Lipinski definition) is 1. The second kappa shape index (κ2) is 9.31. The van der Waals surface area contributed by atoms with Crippen molar-refractivity contribution in [3.8, 4) is 28.8 Å². The Kier molecular flexibility index (Phi) is 6.17. The number of hydrogen-bond acceptors (Lipinski definition) is 8. The van der Waals surface area contributed by atoms with E-state index in [2.05, 4.69) is 20.5 Å². The summed E-state index contributed by atoms with van der Waals surface area (Å²) in [5.74, 6) is 1.21. The first-order chi connectivity index (χ1) is 17.2. The van der Waals surface area contributed by atoms with Crippen LogP contribution in [0.25, 0.3) is 11.3 Å². The summed E-state index contributed by atoms with van der Waals surface area (Å²) in [5, 5.41) is 11.1. The molecule has 0 spiro atoms. The van der Waals surface area contributed by atoms with Gasteiger partial charge in [0.2, 0.25) is 22.8 Å². The molecule has 1 N–H and O–H groups in total. The standard InChI is InChI=1S/C27H27N5O3S/c1-15(2)34-18-9-7-17(8-10-18)21-13-12-20-22(27(4,5)25(33)31-26-32-28-14-36-26)19-11-6-16(3)29-23(19)35-24(20)30-21/h6-15,22H,1-5H3,(H,31,32,33)/t22-/m0/s1. The number of aryl methyl sites for hydroxylation is 1. The van der Waals surface area contributed by atoms with Crippen molar-refractivity contribution < 1.29 is 14.3 Å². The maximum absolute atomic E-state index is 13.4. The third kappa shape index (κ3) is 4.54. The van der Waals surface area contributed by atoms with Crippen LogP contribution in [0.15, 0.2) is 54.0 Å². The van der Waals surface area contributed by atoms with Gasteiger partial charge in [-0.2, -0.15) is 0 Å². The second-order valence-corrected chi connectivity index (χ2v) is 10.4. The molecule has 0 saturated carbocycles. The molecule has 0 bridgehead atoms. The van der Waals surface area contributed by atoms with Gasteiger partial charge in [-0.1, -0.05) is 37.3 Å². The van der Waals surface area contributed by atoms with E-state index in [-0.39, 0.29) is 17.9 Å². The Balaban J connectivity index is 1.54. The quantitative estimate of drug-likeness (QED) is 0.346. The van der Waals surface area contributed by atoms with Gasteiger partial charge in [0, 0.05) is 28.3 Å². The molecule has 5 rings (SSSR count). The van der Waals surface area contributed by atoms with Crippen molar-refractivity contribution in [3.05, 3.63) is 70.9 Å². The predicted molar refractivity (Wildman–Crippen MR) is 139 cm³/mol. The molecular weight excluding hydrogens is 474 g/mol. The van der Waals surface area contributed by atoms with Crippen LogP contribution in [0.2, 0.25) is 0 Å². The Labute approximate surface area is 213 Å². The highest BCUT2D eigenvalue weighted by Gasteiger charge is 2.45. The van der Waals surface area contributed by atoms with E-state index in [4.69, 9.17) is 14.5 Å². The Hall–Kier alpha value is -3.85. The average Bonchev–Trinajstić information content (AvgIpc) is 3.35. The van der Waals surface area contributed by atoms with E-state index in [0.29, 0.717) is 16.9 Å². The second-order valence-electron chi connectivity index (χ2n) is 9.58. The summed E-state index contributed by atoms with van der Waals surface area (Å²) >= 11 is 1.28. The predicted octanol–water partition coefficient (Wildman–Crippen LogP) is 5.99. The van der Waals surface area contributed by atoms with Crippen molar-refractivity contribution in [1.82, 2.24) is 20.2 Å². The molecule has 4 heterocycles. The van der Waals surface area contributed by atoms with E-state index in [1.165, 1.54) is 11.3 Å². The fourth-order valence-electron chi connectivity index (χ4n) is 4.39. The molecule has 1 amide bonds. The molecule has 0 unspecified atom stereocenters. The number of ether oxygens (including phenoxy) is 2. The van der Waals surface area contributed by atoms with E-state index in [9.17, 15) is 4.79 Å². The maximum Gasteiger partial charge on any atom is 0.232 e. The highest BCUT2D eigenvalue weighted by Crippen LogP contribution is 2.51. The molecule has 0 fully saturated rings. The molecule has 184 valence electrons. The summed E-state index contributed by atoms with van der Waals surface area (Å²) in [6, 6.07) is 15.7. The molecule has 4 aromatic rings. The fourth-order valence-corrected chi connectivity index (χ4v) is 4.83. The lowest BCUT2D eigenvalue weighted by Gasteiger charge is -2.37. The summed E-state index contributed by atoms with van der Waals surface area (Å²) in [7, 11) is 0. The van der Waals surface area contributed by atoms with Crippen LogP contribution in [-0.2, 0) is 4.79 Å².